The van der Waals surface area contributed by atoms with Crippen molar-refractivity contribution < 1.29 is 4.79 Å². The van der Waals surface area contributed by atoms with Crippen molar-refractivity contribution >= 4 is 23.1 Å². The van der Waals surface area contributed by atoms with Crippen LogP contribution in [0.15, 0.2) is 29.0 Å². The number of aromatic nitrogens is 1. The zero-order valence-electron chi connectivity index (χ0n) is 11.8. The van der Waals surface area contributed by atoms with E-state index in [4.69, 9.17) is 0 Å². The van der Waals surface area contributed by atoms with Crippen molar-refractivity contribution in [2.45, 2.75) is 19.8 Å². The largest absolute Gasteiger partial charge is 0.373 e. The number of aryl methyl sites for hydroxylation is 1. The lowest BCUT2D eigenvalue weighted by molar-refractivity contribution is 0.0954. The molecule has 2 heterocycles. The molecule has 20 heavy (non-hydrogen) atoms. The number of carbonyl (C=O) groups is 1. The molecule has 0 aliphatic rings. The molecule has 0 saturated carbocycles. The normalized spacial score (nSPS) is 10.3. The lowest BCUT2D eigenvalue weighted by Crippen LogP contribution is -2.26. The highest BCUT2D eigenvalue weighted by molar-refractivity contribution is 7.07. The predicted molar refractivity (Wildman–Crippen MR) is 83.5 cm³/mol. The van der Waals surface area contributed by atoms with Gasteiger partial charge in [-0.2, -0.15) is 11.3 Å². The van der Waals surface area contributed by atoms with Gasteiger partial charge in [-0.15, -0.1) is 0 Å². The molecule has 0 aliphatic heterocycles. The quantitative estimate of drug-likeness (QED) is 0.859. The zero-order valence-corrected chi connectivity index (χ0v) is 12.6. The summed E-state index contributed by atoms with van der Waals surface area (Å²) in [4.78, 5) is 16.5. The molecule has 1 amide bonds. The smallest absolute Gasteiger partial charge is 0.251 e. The van der Waals surface area contributed by atoms with E-state index in [-0.39, 0.29) is 5.91 Å². The van der Waals surface area contributed by atoms with Crippen molar-refractivity contribution in [3.8, 4) is 0 Å². The number of carbonyl (C=O) groups excluding carboxylic acids is 1. The Morgan fingerprint density at radius 3 is 2.90 bits per heavy atom. The highest BCUT2D eigenvalue weighted by Gasteiger charge is 2.08. The molecule has 0 aromatic carbocycles. The molecule has 0 spiro atoms. The maximum atomic E-state index is 12.1. The SMILES string of the molecule is CCc1cc(C(=O)NCCc2ccsc2)cc(NC)n1. The minimum absolute atomic E-state index is 0.0474. The molecule has 0 unspecified atom stereocenters. The third-order valence-corrected chi connectivity index (χ3v) is 3.77. The minimum Gasteiger partial charge on any atom is -0.373 e. The molecule has 2 aromatic rings. The van der Waals surface area contributed by atoms with Crippen molar-refractivity contribution in [1.82, 2.24) is 10.3 Å². The number of nitrogens with zero attached hydrogens (tertiary/aromatic N) is 1. The summed E-state index contributed by atoms with van der Waals surface area (Å²) in [5, 5.41) is 10.1. The molecule has 0 fully saturated rings. The Bertz CT molecular complexity index is 544. The summed E-state index contributed by atoms with van der Waals surface area (Å²) in [6.45, 7) is 2.67. The molecule has 5 heteroatoms. The van der Waals surface area contributed by atoms with Crippen LogP contribution in [-0.4, -0.2) is 24.5 Å². The maximum Gasteiger partial charge on any atom is 0.251 e. The van der Waals surface area contributed by atoms with Crippen molar-refractivity contribution in [1.29, 1.82) is 0 Å². The molecule has 4 nitrogen and oxygen atoms in total. The highest BCUT2D eigenvalue weighted by atomic mass is 32.1. The van der Waals surface area contributed by atoms with Crippen LogP contribution in [0.4, 0.5) is 5.82 Å². The van der Waals surface area contributed by atoms with E-state index >= 15 is 0 Å². The van der Waals surface area contributed by atoms with Crippen LogP contribution in [0.5, 0.6) is 0 Å². The summed E-state index contributed by atoms with van der Waals surface area (Å²) in [5.41, 5.74) is 2.83. The van der Waals surface area contributed by atoms with Gasteiger partial charge in [0.15, 0.2) is 0 Å². The Morgan fingerprint density at radius 1 is 1.40 bits per heavy atom. The molecule has 0 saturated heterocycles. The Balaban J connectivity index is 1.97. The molecule has 0 bridgehead atoms. The summed E-state index contributed by atoms with van der Waals surface area (Å²) in [6.07, 6.45) is 1.67. The first-order valence-corrected chi connectivity index (χ1v) is 7.65. The molecule has 0 atom stereocenters. The molecular formula is C15H19N3OS. The number of pyridine rings is 1. The number of rotatable bonds is 6. The van der Waals surface area contributed by atoms with Gasteiger partial charge in [0.2, 0.25) is 0 Å². The van der Waals surface area contributed by atoms with Crippen molar-refractivity contribution in [2.24, 2.45) is 0 Å². The van der Waals surface area contributed by atoms with Crippen molar-refractivity contribution in [2.75, 3.05) is 18.9 Å². The molecule has 2 rings (SSSR count). The lowest BCUT2D eigenvalue weighted by Gasteiger charge is -2.08. The van der Waals surface area contributed by atoms with Gasteiger partial charge in [0.05, 0.1) is 0 Å². The first kappa shape index (κ1) is 14.5. The predicted octanol–water partition coefficient (Wildman–Crippen LogP) is 2.72. The van der Waals surface area contributed by atoms with E-state index in [1.807, 2.05) is 18.4 Å². The summed E-state index contributed by atoms with van der Waals surface area (Å²) >= 11 is 1.68. The number of anilines is 1. The Hall–Kier alpha value is -1.88. The first-order chi connectivity index (χ1) is 9.72. The van der Waals surface area contributed by atoms with Gasteiger partial charge in [-0.1, -0.05) is 6.92 Å². The van der Waals surface area contributed by atoms with Crippen molar-refractivity contribution in [3.63, 3.8) is 0 Å². The second-order valence-corrected chi connectivity index (χ2v) is 5.25. The topological polar surface area (TPSA) is 54.0 Å². The van der Waals surface area contributed by atoms with E-state index in [1.54, 1.807) is 24.5 Å². The second-order valence-electron chi connectivity index (χ2n) is 4.47. The van der Waals surface area contributed by atoms with Crippen LogP contribution in [0.1, 0.15) is 28.5 Å². The fourth-order valence-electron chi connectivity index (χ4n) is 1.89. The Labute approximate surface area is 123 Å². The van der Waals surface area contributed by atoms with Crippen molar-refractivity contribution in [3.05, 3.63) is 45.8 Å². The number of nitrogens with one attached hydrogen (secondary N) is 2. The number of amides is 1. The first-order valence-electron chi connectivity index (χ1n) is 6.71. The summed E-state index contributed by atoms with van der Waals surface area (Å²) in [5.74, 6) is 0.682. The lowest BCUT2D eigenvalue weighted by atomic mass is 10.1. The van der Waals surface area contributed by atoms with Gasteiger partial charge < -0.3 is 10.6 Å². The molecule has 0 aliphatic carbocycles. The molecule has 0 radical (unpaired) electrons. The van der Waals surface area contributed by atoms with Crippen LogP contribution in [-0.2, 0) is 12.8 Å². The summed E-state index contributed by atoms with van der Waals surface area (Å²) < 4.78 is 0. The van der Waals surface area contributed by atoms with E-state index in [1.165, 1.54) is 5.56 Å². The van der Waals surface area contributed by atoms with Crippen LogP contribution >= 0.6 is 11.3 Å². The minimum atomic E-state index is -0.0474. The third kappa shape index (κ3) is 3.81. The standard InChI is InChI=1S/C15H19N3OS/c1-3-13-8-12(9-14(16-2)18-13)15(19)17-6-4-11-5-7-20-10-11/h5,7-10H,3-4,6H2,1-2H3,(H,16,18)(H,17,19). The number of hydrogen-bond acceptors (Lipinski definition) is 4. The van der Waals surface area contributed by atoms with Gasteiger partial charge in [-0.25, -0.2) is 4.98 Å². The Morgan fingerprint density at radius 2 is 2.25 bits per heavy atom. The summed E-state index contributed by atoms with van der Waals surface area (Å²) in [6, 6.07) is 5.71. The molecular weight excluding hydrogens is 270 g/mol. The monoisotopic (exact) mass is 289 g/mol. The van der Waals surface area contributed by atoms with Gasteiger partial charge in [-0.3, -0.25) is 4.79 Å². The maximum absolute atomic E-state index is 12.1. The zero-order chi connectivity index (χ0) is 14.4. The van der Waals surface area contributed by atoms with Gasteiger partial charge in [-0.05, 0) is 47.4 Å². The summed E-state index contributed by atoms with van der Waals surface area (Å²) in [7, 11) is 1.81. The van der Waals surface area contributed by atoms with Gasteiger partial charge in [0, 0.05) is 24.8 Å². The van der Waals surface area contributed by atoms with Gasteiger partial charge in [0.25, 0.3) is 5.91 Å². The van der Waals surface area contributed by atoms with Gasteiger partial charge >= 0.3 is 0 Å². The molecule has 106 valence electrons. The average molecular weight is 289 g/mol. The van der Waals surface area contributed by atoms with Crippen LogP contribution in [0, 0.1) is 0 Å². The average Bonchev–Trinajstić information content (AvgIpc) is 2.99. The van der Waals surface area contributed by atoms with Crippen LogP contribution in [0.2, 0.25) is 0 Å². The van der Waals surface area contributed by atoms with Crippen LogP contribution in [0.25, 0.3) is 0 Å². The molecule has 2 N–H and O–H groups in total. The van der Waals surface area contributed by atoms with Crippen LogP contribution < -0.4 is 10.6 Å². The van der Waals surface area contributed by atoms with E-state index in [9.17, 15) is 4.79 Å². The van der Waals surface area contributed by atoms with E-state index in [0.717, 1.165) is 24.4 Å². The fraction of sp³-hybridized carbons (Fsp3) is 0.333. The highest BCUT2D eigenvalue weighted by Crippen LogP contribution is 2.11. The van der Waals surface area contributed by atoms with E-state index in [0.29, 0.717) is 12.1 Å². The van der Waals surface area contributed by atoms with Crippen LogP contribution in [0.3, 0.4) is 0 Å². The van der Waals surface area contributed by atoms with E-state index < -0.39 is 0 Å². The third-order valence-electron chi connectivity index (χ3n) is 3.04. The fourth-order valence-corrected chi connectivity index (χ4v) is 2.59. The Kier molecular flexibility index (Phi) is 5.12. The van der Waals surface area contributed by atoms with Gasteiger partial charge in [0.1, 0.15) is 5.82 Å². The number of hydrogen-bond donors (Lipinski definition) is 2. The number of thiophene rings is 1. The molecule has 2 aromatic heterocycles. The van der Waals surface area contributed by atoms with E-state index in [2.05, 4.69) is 27.1 Å². The second kappa shape index (κ2) is 7.05.